The zero-order valence-electron chi connectivity index (χ0n) is 10.8. The first-order valence-electron chi connectivity index (χ1n) is 5.68. The number of hydrazine groups is 1. The zero-order chi connectivity index (χ0) is 13.3. The maximum atomic E-state index is 11.7. The van der Waals surface area contributed by atoms with Crippen molar-refractivity contribution >= 4 is 5.91 Å². The van der Waals surface area contributed by atoms with Crippen LogP contribution in [0.5, 0.6) is 0 Å². The van der Waals surface area contributed by atoms with Crippen LogP contribution in [0.3, 0.4) is 0 Å². The Kier molecular flexibility index (Phi) is 8.32. The van der Waals surface area contributed by atoms with Crippen LogP contribution in [0.2, 0.25) is 0 Å². The van der Waals surface area contributed by atoms with Crippen LogP contribution >= 0.6 is 0 Å². The summed E-state index contributed by atoms with van der Waals surface area (Å²) in [5, 5.41) is 8.62. The van der Waals surface area contributed by atoms with E-state index in [1.807, 2.05) is 18.7 Å². The molecule has 3 N–H and O–H groups in total. The minimum atomic E-state index is -0.330. The van der Waals surface area contributed by atoms with E-state index in [9.17, 15) is 4.79 Å². The summed E-state index contributed by atoms with van der Waals surface area (Å²) in [6, 6.07) is 1.75. The molecule has 0 aliphatic heterocycles. The molecule has 98 valence electrons. The summed E-state index contributed by atoms with van der Waals surface area (Å²) in [6.07, 6.45) is 0.380. The van der Waals surface area contributed by atoms with Gasteiger partial charge >= 0.3 is 0 Å². The van der Waals surface area contributed by atoms with Gasteiger partial charge in [-0.1, -0.05) is 13.8 Å². The summed E-state index contributed by atoms with van der Waals surface area (Å²) >= 11 is 0. The molecule has 1 amide bonds. The molecule has 0 aromatic rings. The van der Waals surface area contributed by atoms with Crippen LogP contribution in [0.15, 0.2) is 0 Å². The molecule has 1 unspecified atom stereocenters. The van der Waals surface area contributed by atoms with Crippen LogP contribution in [0.1, 0.15) is 20.3 Å². The number of ether oxygens (including phenoxy) is 1. The van der Waals surface area contributed by atoms with Gasteiger partial charge in [0.2, 0.25) is 0 Å². The number of rotatable bonds is 8. The lowest BCUT2D eigenvalue weighted by atomic mass is 10.0. The first-order chi connectivity index (χ1) is 8.08. The summed E-state index contributed by atoms with van der Waals surface area (Å²) in [4.78, 5) is 13.6. The quantitative estimate of drug-likeness (QED) is 0.351. The number of carbonyl (C=O) groups is 1. The molecule has 0 heterocycles. The predicted octanol–water partition coefficient (Wildman–Crippen LogP) is -0.137. The van der Waals surface area contributed by atoms with Gasteiger partial charge in [0, 0.05) is 26.6 Å². The lowest BCUT2D eigenvalue weighted by Gasteiger charge is -2.32. The van der Waals surface area contributed by atoms with Crippen LogP contribution in [-0.2, 0) is 9.53 Å². The maximum absolute atomic E-state index is 11.7. The SMILES string of the molecule is COCCN(CCC#N)C(C(=O)NN)C(C)C. The van der Waals surface area contributed by atoms with Crippen molar-refractivity contribution in [3.63, 3.8) is 0 Å². The van der Waals surface area contributed by atoms with Gasteiger partial charge in [-0.2, -0.15) is 5.26 Å². The molecule has 0 aliphatic carbocycles. The predicted molar refractivity (Wildman–Crippen MR) is 64.6 cm³/mol. The van der Waals surface area contributed by atoms with Crippen molar-refractivity contribution in [3.8, 4) is 6.07 Å². The normalized spacial score (nSPS) is 12.5. The van der Waals surface area contributed by atoms with Crippen molar-refractivity contribution in [2.75, 3.05) is 26.8 Å². The molecule has 6 heteroatoms. The Morgan fingerprint density at radius 3 is 2.59 bits per heavy atom. The van der Waals surface area contributed by atoms with Crippen LogP contribution in [-0.4, -0.2) is 43.7 Å². The number of nitrogens with two attached hydrogens (primary N) is 1. The molecule has 0 rings (SSSR count). The van der Waals surface area contributed by atoms with E-state index in [1.165, 1.54) is 0 Å². The number of carbonyl (C=O) groups excluding carboxylic acids is 1. The number of hydrogen-bond donors (Lipinski definition) is 2. The van der Waals surface area contributed by atoms with E-state index in [4.69, 9.17) is 15.8 Å². The summed E-state index contributed by atoms with van der Waals surface area (Å²) in [5.41, 5.74) is 2.18. The number of hydrogen-bond acceptors (Lipinski definition) is 5. The second-order valence-electron chi connectivity index (χ2n) is 4.13. The molecular formula is C11H22N4O2. The van der Waals surface area contributed by atoms with Gasteiger partial charge in [0.1, 0.15) is 0 Å². The van der Waals surface area contributed by atoms with Gasteiger partial charge in [0.05, 0.1) is 18.7 Å². The third-order valence-electron chi connectivity index (χ3n) is 2.53. The van der Waals surface area contributed by atoms with Crippen LogP contribution in [0.25, 0.3) is 0 Å². The second kappa shape index (κ2) is 8.93. The topological polar surface area (TPSA) is 91.4 Å². The van der Waals surface area contributed by atoms with Crippen LogP contribution < -0.4 is 11.3 Å². The van der Waals surface area contributed by atoms with E-state index in [2.05, 4.69) is 11.5 Å². The molecular weight excluding hydrogens is 220 g/mol. The monoisotopic (exact) mass is 242 g/mol. The molecule has 17 heavy (non-hydrogen) atoms. The molecule has 0 saturated carbocycles. The molecule has 0 aliphatic rings. The second-order valence-corrected chi connectivity index (χ2v) is 4.13. The summed E-state index contributed by atoms with van der Waals surface area (Å²) in [6.45, 7) is 5.56. The standard InChI is InChI=1S/C11H22N4O2/c1-9(2)10(11(16)14-13)15(6-4-5-12)7-8-17-3/h9-10H,4,6-8,13H2,1-3H3,(H,14,16). The molecule has 0 radical (unpaired) electrons. The molecule has 0 bridgehead atoms. The van der Waals surface area contributed by atoms with Crippen LogP contribution in [0, 0.1) is 17.2 Å². The van der Waals surface area contributed by atoms with Crippen molar-refractivity contribution in [3.05, 3.63) is 0 Å². The molecule has 0 aromatic carbocycles. The van der Waals surface area contributed by atoms with Crippen molar-refractivity contribution < 1.29 is 9.53 Å². The summed E-state index contributed by atoms with van der Waals surface area (Å²) < 4.78 is 5.01. The largest absolute Gasteiger partial charge is 0.383 e. The Bertz CT molecular complexity index is 263. The van der Waals surface area contributed by atoms with E-state index >= 15 is 0 Å². The fourth-order valence-corrected chi connectivity index (χ4v) is 1.77. The number of methoxy groups -OCH3 is 1. The van der Waals surface area contributed by atoms with E-state index < -0.39 is 0 Å². The van der Waals surface area contributed by atoms with E-state index in [0.29, 0.717) is 26.1 Å². The van der Waals surface area contributed by atoms with Crippen LogP contribution in [0.4, 0.5) is 0 Å². The van der Waals surface area contributed by atoms with Gasteiger partial charge < -0.3 is 4.74 Å². The Labute approximate surface area is 103 Å². The third kappa shape index (κ3) is 5.63. The minimum Gasteiger partial charge on any atom is -0.383 e. The highest BCUT2D eigenvalue weighted by molar-refractivity contribution is 5.81. The third-order valence-corrected chi connectivity index (χ3v) is 2.53. The minimum absolute atomic E-state index is 0.120. The Balaban J connectivity index is 4.67. The number of nitriles is 1. The molecule has 6 nitrogen and oxygen atoms in total. The van der Waals surface area contributed by atoms with Crippen molar-refractivity contribution in [1.29, 1.82) is 5.26 Å². The Hall–Kier alpha value is -1.16. The van der Waals surface area contributed by atoms with E-state index in [0.717, 1.165) is 0 Å². The van der Waals surface area contributed by atoms with E-state index in [1.54, 1.807) is 7.11 Å². The average molecular weight is 242 g/mol. The lowest BCUT2D eigenvalue weighted by molar-refractivity contribution is -0.128. The van der Waals surface area contributed by atoms with Gasteiger partial charge in [-0.05, 0) is 5.92 Å². The zero-order valence-corrected chi connectivity index (χ0v) is 10.8. The fraction of sp³-hybridized carbons (Fsp3) is 0.818. The van der Waals surface area contributed by atoms with Crippen molar-refractivity contribution in [2.24, 2.45) is 11.8 Å². The first-order valence-corrected chi connectivity index (χ1v) is 5.68. The highest BCUT2D eigenvalue weighted by Crippen LogP contribution is 2.11. The number of nitrogens with zero attached hydrogens (tertiary/aromatic N) is 2. The van der Waals surface area contributed by atoms with Gasteiger partial charge in [-0.15, -0.1) is 0 Å². The lowest BCUT2D eigenvalue weighted by Crippen LogP contribution is -2.52. The maximum Gasteiger partial charge on any atom is 0.251 e. The van der Waals surface area contributed by atoms with Crippen molar-refractivity contribution in [1.82, 2.24) is 10.3 Å². The molecule has 1 atom stereocenters. The van der Waals surface area contributed by atoms with Gasteiger partial charge in [0.15, 0.2) is 0 Å². The average Bonchev–Trinajstić information content (AvgIpc) is 2.31. The highest BCUT2D eigenvalue weighted by Gasteiger charge is 2.27. The molecule has 0 fully saturated rings. The molecule has 0 saturated heterocycles. The number of nitrogens with one attached hydrogen (secondary N) is 1. The fourth-order valence-electron chi connectivity index (χ4n) is 1.77. The van der Waals surface area contributed by atoms with Gasteiger partial charge in [-0.3, -0.25) is 15.1 Å². The Morgan fingerprint density at radius 2 is 2.18 bits per heavy atom. The summed E-state index contributed by atoms with van der Waals surface area (Å²) in [7, 11) is 1.61. The van der Waals surface area contributed by atoms with Crippen molar-refractivity contribution in [2.45, 2.75) is 26.3 Å². The number of amides is 1. The Morgan fingerprint density at radius 1 is 1.53 bits per heavy atom. The molecule has 0 spiro atoms. The molecule has 0 aromatic heterocycles. The van der Waals surface area contributed by atoms with Gasteiger partial charge in [-0.25, -0.2) is 5.84 Å². The summed E-state index contributed by atoms with van der Waals surface area (Å²) in [5.74, 6) is 5.08. The van der Waals surface area contributed by atoms with E-state index in [-0.39, 0.29) is 17.9 Å². The first kappa shape index (κ1) is 15.8. The highest BCUT2D eigenvalue weighted by atomic mass is 16.5. The van der Waals surface area contributed by atoms with Gasteiger partial charge in [0.25, 0.3) is 5.91 Å². The smallest absolute Gasteiger partial charge is 0.251 e.